The molecule has 0 radical (unpaired) electrons. The largest absolute Gasteiger partial charge is 0.483 e. The molecular formula is C20H20F3N3OS. The monoisotopic (exact) mass is 407 g/mol. The van der Waals surface area contributed by atoms with Crippen molar-refractivity contribution in [2.75, 3.05) is 0 Å². The SMILES string of the molecule is CCn1c(SCc2cccc(C(F)(F)F)c2)nnc1C(C)Oc1ccccc1. The van der Waals surface area contributed by atoms with Gasteiger partial charge >= 0.3 is 6.18 Å². The summed E-state index contributed by atoms with van der Waals surface area (Å²) in [6.45, 7) is 4.50. The van der Waals surface area contributed by atoms with E-state index in [0.717, 1.165) is 11.8 Å². The number of halogens is 3. The Bertz CT molecular complexity index is 913. The highest BCUT2D eigenvalue weighted by Gasteiger charge is 2.30. The van der Waals surface area contributed by atoms with Crippen LogP contribution in [0.15, 0.2) is 59.8 Å². The van der Waals surface area contributed by atoms with Crippen molar-refractivity contribution in [3.8, 4) is 5.75 Å². The van der Waals surface area contributed by atoms with Gasteiger partial charge in [0.2, 0.25) is 0 Å². The van der Waals surface area contributed by atoms with Crippen molar-refractivity contribution in [3.05, 3.63) is 71.5 Å². The first-order chi connectivity index (χ1) is 13.4. The highest BCUT2D eigenvalue weighted by Crippen LogP contribution is 2.31. The van der Waals surface area contributed by atoms with E-state index < -0.39 is 11.7 Å². The molecule has 0 N–H and O–H groups in total. The summed E-state index contributed by atoms with van der Waals surface area (Å²) in [5, 5.41) is 9.10. The minimum atomic E-state index is -4.35. The van der Waals surface area contributed by atoms with Crippen molar-refractivity contribution >= 4 is 11.8 Å². The number of thioether (sulfide) groups is 1. The molecule has 0 bridgehead atoms. The third kappa shape index (κ3) is 4.86. The standard InChI is InChI=1S/C20H20F3N3OS/c1-3-26-18(14(2)27-17-10-5-4-6-11-17)24-25-19(26)28-13-15-8-7-9-16(12-15)20(21,22)23/h4-12,14H,3,13H2,1-2H3. The predicted molar refractivity (Wildman–Crippen MR) is 102 cm³/mol. The Hall–Kier alpha value is -2.48. The van der Waals surface area contributed by atoms with Crippen LogP contribution in [0.1, 0.15) is 36.9 Å². The van der Waals surface area contributed by atoms with Gasteiger partial charge < -0.3 is 9.30 Å². The molecule has 3 rings (SSSR count). The van der Waals surface area contributed by atoms with Crippen LogP contribution in [0.25, 0.3) is 0 Å². The molecule has 1 unspecified atom stereocenters. The summed E-state index contributed by atoms with van der Waals surface area (Å²) >= 11 is 1.36. The van der Waals surface area contributed by atoms with Gasteiger partial charge in [-0.3, -0.25) is 0 Å². The molecule has 0 amide bonds. The van der Waals surface area contributed by atoms with Gasteiger partial charge in [0.1, 0.15) is 5.75 Å². The highest BCUT2D eigenvalue weighted by atomic mass is 32.2. The van der Waals surface area contributed by atoms with E-state index in [2.05, 4.69) is 10.2 Å². The summed E-state index contributed by atoms with van der Waals surface area (Å²) in [6, 6.07) is 14.8. The van der Waals surface area contributed by atoms with E-state index in [-0.39, 0.29) is 6.10 Å². The van der Waals surface area contributed by atoms with Gasteiger partial charge in [-0.1, -0.05) is 48.2 Å². The maximum Gasteiger partial charge on any atom is 0.416 e. The summed E-state index contributed by atoms with van der Waals surface area (Å²) in [5.74, 6) is 1.78. The molecule has 0 saturated heterocycles. The number of nitrogens with zero attached hydrogens (tertiary/aromatic N) is 3. The molecule has 148 valence electrons. The zero-order valence-corrected chi connectivity index (χ0v) is 16.3. The topological polar surface area (TPSA) is 39.9 Å². The first-order valence-corrected chi connectivity index (χ1v) is 9.80. The Balaban J connectivity index is 1.72. The van der Waals surface area contributed by atoms with Crippen LogP contribution in [0.3, 0.4) is 0 Å². The fourth-order valence-electron chi connectivity index (χ4n) is 2.75. The minimum absolute atomic E-state index is 0.308. The summed E-state index contributed by atoms with van der Waals surface area (Å²) in [4.78, 5) is 0. The van der Waals surface area contributed by atoms with Crippen LogP contribution in [-0.4, -0.2) is 14.8 Å². The number of ether oxygens (including phenoxy) is 1. The predicted octanol–water partition coefficient (Wildman–Crippen LogP) is 5.75. The molecule has 0 fully saturated rings. The molecular weight excluding hydrogens is 387 g/mol. The average molecular weight is 407 g/mol. The van der Waals surface area contributed by atoms with E-state index in [4.69, 9.17) is 4.74 Å². The van der Waals surface area contributed by atoms with E-state index in [1.54, 1.807) is 6.07 Å². The Morgan fingerprint density at radius 1 is 1.07 bits per heavy atom. The van der Waals surface area contributed by atoms with E-state index in [0.29, 0.717) is 28.8 Å². The first kappa shape index (κ1) is 20.3. The van der Waals surface area contributed by atoms with Crippen LogP contribution in [0.5, 0.6) is 5.75 Å². The fourth-order valence-corrected chi connectivity index (χ4v) is 3.70. The maximum atomic E-state index is 12.9. The molecule has 4 nitrogen and oxygen atoms in total. The minimum Gasteiger partial charge on any atom is -0.483 e. The van der Waals surface area contributed by atoms with E-state index in [1.807, 2.05) is 48.7 Å². The Labute approximate surface area is 165 Å². The maximum absolute atomic E-state index is 12.9. The lowest BCUT2D eigenvalue weighted by molar-refractivity contribution is -0.137. The normalized spacial score (nSPS) is 12.8. The summed E-state index contributed by atoms with van der Waals surface area (Å²) < 4.78 is 46.5. The van der Waals surface area contributed by atoms with Crippen molar-refractivity contribution in [2.24, 2.45) is 0 Å². The number of hydrogen-bond acceptors (Lipinski definition) is 4. The number of aromatic nitrogens is 3. The van der Waals surface area contributed by atoms with Gasteiger partial charge in [-0.2, -0.15) is 13.2 Å². The molecule has 1 atom stereocenters. The van der Waals surface area contributed by atoms with Gasteiger partial charge in [0.05, 0.1) is 5.56 Å². The van der Waals surface area contributed by atoms with Crippen molar-refractivity contribution < 1.29 is 17.9 Å². The van der Waals surface area contributed by atoms with E-state index >= 15 is 0 Å². The number of benzene rings is 2. The zero-order valence-electron chi connectivity index (χ0n) is 15.5. The second-order valence-electron chi connectivity index (χ2n) is 6.14. The fraction of sp³-hybridized carbons (Fsp3) is 0.300. The first-order valence-electron chi connectivity index (χ1n) is 8.82. The van der Waals surface area contributed by atoms with E-state index in [1.165, 1.54) is 23.9 Å². The zero-order chi connectivity index (χ0) is 20.1. The Morgan fingerprint density at radius 3 is 2.50 bits per heavy atom. The Morgan fingerprint density at radius 2 is 1.82 bits per heavy atom. The third-order valence-electron chi connectivity index (χ3n) is 4.10. The molecule has 3 aromatic rings. The molecule has 0 aliphatic rings. The van der Waals surface area contributed by atoms with Gasteiger partial charge in [0.25, 0.3) is 0 Å². The molecule has 1 heterocycles. The lowest BCUT2D eigenvalue weighted by Gasteiger charge is -2.15. The van der Waals surface area contributed by atoms with Crippen LogP contribution < -0.4 is 4.74 Å². The van der Waals surface area contributed by atoms with Gasteiger partial charge in [0, 0.05) is 12.3 Å². The summed E-state index contributed by atoms with van der Waals surface area (Å²) in [7, 11) is 0. The van der Waals surface area contributed by atoms with E-state index in [9.17, 15) is 13.2 Å². The van der Waals surface area contributed by atoms with Crippen molar-refractivity contribution in [1.29, 1.82) is 0 Å². The van der Waals surface area contributed by atoms with Gasteiger partial charge in [-0.25, -0.2) is 0 Å². The lowest BCUT2D eigenvalue weighted by Crippen LogP contribution is -2.12. The molecule has 8 heteroatoms. The van der Waals surface area contributed by atoms with Crippen molar-refractivity contribution in [3.63, 3.8) is 0 Å². The molecule has 0 spiro atoms. The molecule has 28 heavy (non-hydrogen) atoms. The van der Waals surface area contributed by atoms with Crippen LogP contribution >= 0.6 is 11.8 Å². The van der Waals surface area contributed by atoms with Gasteiger partial charge in [-0.05, 0) is 37.6 Å². The third-order valence-corrected chi connectivity index (χ3v) is 5.14. The summed E-state index contributed by atoms with van der Waals surface area (Å²) in [5.41, 5.74) is -0.0613. The average Bonchev–Trinajstić information content (AvgIpc) is 3.10. The molecule has 0 aliphatic carbocycles. The van der Waals surface area contributed by atoms with Crippen LogP contribution in [0.2, 0.25) is 0 Å². The number of para-hydroxylation sites is 1. The number of alkyl halides is 3. The Kier molecular flexibility index (Phi) is 6.28. The van der Waals surface area contributed by atoms with Crippen LogP contribution in [-0.2, 0) is 18.5 Å². The number of hydrogen-bond donors (Lipinski definition) is 0. The highest BCUT2D eigenvalue weighted by molar-refractivity contribution is 7.98. The smallest absolute Gasteiger partial charge is 0.416 e. The molecule has 1 aromatic heterocycles. The van der Waals surface area contributed by atoms with Crippen molar-refractivity contribution in [2.45, 2.75) is 43.6 Å². The second kappa shape index (κ2) is 8.68. The van der Waals surface area contributed by atoms with Crippen molar-refractivity contribution in [1.82, 2.24) is 14.8 Å². The van der Waals surface area contributed by atoms with Gasteiger partial charge in [-0.15, -0.1) is 10.2 Å². The van der Waals surface area contributed by atoms with Crippen LogP contribution in [0.4, 0.5) is 13.2 Å². The molecule has 0 saturated carbocycles. The molecule has 2 aromatic carbocycles. The van der Waals surface area contributed by atoms with Crippen LogP contribution in [0, 0.1) is 0 Å². The lowest BCUT2D eigenvalue weighted by atomic mass is 10.1. The second-order valence-corrected chi connectivity index (χ2v) is 7.09. The number of rotatable bonds is 7. The van der Waals surface area contributed by atoms with Gasteiger partial charge in [0.15, 0.2) is 17.1 Å². The summed E-state index contributed by atoms with van der Waals surface area (Å²) in [6.07, 6.45) is -4.65. The molecule has 0 aliphatic heterocycles. The quantitative estimate of drug-likeness (QED) is 0.468.